The lowest BCUT2D eigenvalue weighted by atomic mass is 10.1. The van der Waals surface area contributed by atoms with Crippen molar-refractivity contribution in [2.45, 2.75) is 39.6 Å². The fraction of sp³-hybridized carbons (Fsp3) is 0.462. The van der Waals surface area contributed by atoms with Gasteiger partial charge in [-0.25, -0.2) is 4.79 Å². The molecular formula is C13H17NO3. The number of hydrogen-bond acceptors (Lipinski definition) is 3. The second-order valence-corrected chi connectivity index (χ2v) is 5.10. The van der Waals surface area contributed by atoms with Crippen LogP contribution in [0.25, 0.3) is 0 Å². The minimum absolute atomic E-state index is 0.434. The van der Waals surface area contributed by atoms with Gasteiger partial charge >= 0.3 is 6.09 Å². The zero-order valence-electron chi connectivity index (χ0n) is 10.4. The molecule has 1 aromatic carbocycles. The minimum Gasteiger partial charge on any atom is -0.444 e. The molecule has 0 aromatic heterocycles. The Labute approximate surface area is 101 Å². The second kappa shape index (κ2) is 4.37. The van der Waals surface area contributed by atoms with Crippen LogP contribution in [0, 0.1) is 0 Å². The number of anilines is 1. The van der Waals surface area contributed by atoms with Crippen LogP contribution in [-0.4, -0.2) is 11.7 Å². The van der Waals surface area contributed by atoms with Crippen LogP contribution in [-0.2, 0) is 22.7 Å². The van der Waals surface area contributed by atoms with Crippen LogP contribution in [0.2, 0.25) is 0 Å². The molecule has 17 heavy (non-hydrogen) atoms. The fourth-order valence-electron chi connectivity index (χ4n) is 1.67. The van der Waals surface area contributed by atoms with Crippen LogP contribution in [0.3, 0.4) is 0 Å². The molecule has 1 aromatic rings. The Kier molecular flexibility index (Phi) is 3.07. The fourth-order valence-corrected chi connectivity index (χ4v) is 1.67. The molecule has 1 heterocycles. The quantitative estimate of drug-likeness (QED) is 0.813. The third-order valence-corrected chi connectivity index (χ3v) is 2.37. The molecule has 1 amide bonds. The zero-order chi connectivity index (χ0) is 12.5. The second-order valence-electron chi connectivity index (χ2n) is 5.10. The Bertz CT molecular complexity index is 435. The molecule has 0 bridgehead atoms. The zero-order valence-corrected chi connectivity index (χ0v) is 10.4. The van der Waals surface area contributed by atoms with E-state index in [-0.39, 0.29) is 0 Å². The minimum atomic E-state index is -0.482. The smallest absolute Gasteiger partial charge is 0.412 e. The van der Waals surface area contributed by atoms with Gasteiger partial charge in [-0.2, -0.15) is 0 Å². The maximum atomic E-state index is 11.6. The molecule has 0 fully saturated rings. The first-order valence-corrected chi connectivity index (χ1v) is 5.63. The molecule has 4 heteroatoms. The molecule has 0 spiro atoms. The Balaban J connectivity index is 2.02. The van der Waals surface area contributed by atoms with Crippen LogP contribution in [0.15, 0.2) is 18.2 Å². The summed E-state index contributed by atoms with van der Waals surface area (Å²) >= 11 is 0. The number of fused-ring (bicyclic) bond motifs is 1. The molecule has 92 valence electrons. The van der Waals surface area contributed by atoms with E-state index in [1.54, 1.807) is 0 Å². The summed E-state index contributed by atoms with van der Waals surface area (Å²) in [5.41, 5.74) is 2.56. The summed E-state index contributed by atoms with van der Waals surface area (Å²) in [6.07, 6.45) is -0.434. The van der Waals surface area contributed by atoms with Crippen molar-refractivity contribution < 1.29 is 14.3 Å². The van der Waals surface area contributed by atoms with Gasteiger partial charge in [-0.15, -0.1) is 0 Å². The Morgan fingerprint density at radius 3 is 2.71 bits per heavy atom. The van der Waals surface area contributed by atoms with Gasteiger partial charge in [0.15, 0.2) is 0 Å². The number of hydrogen-bond donors (Lipinski definition) is 1. The first kappa shape index (κ1) is 11.9. The molecule has 1 N–H and O–H groups in total. The van der Waals surface area contributed by atoms with Gasteiger partial charge in [0.1, 0.15) is 5.60 Å². The van der Waals surface area contributed by atoms with Crippen molar-refractivity contribution in [1.82, 2.24) is 0 Å². The number of carbonyl (C=O) groups is 1. The van der Waals surface area contributed by atoms with Crippen molar-refractivity contribution >= 4 is 11.8 Å². The van der Waals surface area contributed by atoms with Crippen molar-refractivity contribution in [3.05, 3.63) is 29.3 Å². The summed E-state index contributed by atoms with van der Waals surface area (Å²) in [7, 11) is 0. The molecule has 0 saturated carbocycles. The first-order chi connectivity index (χ1) is 7.94. The Morgan fingerprint density at radius 1 is 1.29 bits per heavy atom. The molecule has 0 radical (unpaired) electrons. The molecule has 1 aliphatic rings. The lowest BCUT2D eigenvalue weighted by Crippen LogP contribution is -2.27. The monoisotopic (exact) mass is 235 g/mol. The third-order valence-electron chi connectivity index (χ3n) is 2.37. The van der Waals surface area contributed by atoms with E-state index in [1.807, 2.05) is 39.0 Å². The first-order valence-electron chi connectivity index (χ1n) is 5.63. The summed E-state index contributed by atoms with van der Waals surface area (Å²) < 4.78 is 10.5. The van der Waals surface area contributed by atoms with Crippen molar-refractivity contribution in [1.29, 1.82) is 0 Å². The van der Waals surface area contributed by atoms with Gasteiger partial charge in [0.05, 0.1) is 13.2 Å². The molecule has 4 nitrogen and oxygen atoms in total. The Morgan fingerprint density at radius 2 is 2.00 bits per heavy atom. The largest absolute Gasteiger partial charge is 0.444 e. The third kappa shape index (κ3) is 3.20. The maximum absolute atomic E-state index is 11.6. The number of benzene rings is 1. The highest BCUT2D eigenvalue weighted by molar-refractivity contribution is 5.85. The lowest BCUT2D eigenvalue weighted by molar-refractivity contribution is 0.0636. The topological polar surface area (TPSA) is 47.6 Å². The molecule has 0 saturated heterocycles. The normalized spacial score (nSPS) is 14.3. The van der Waals surface area contributed by atoms with E-state index in [9.17, 15) is 4.79 Å². The molecule has 0 atom stereocenters. The highest BCUT2D eigenvalue weighted by Crippen LogP contribution is 2.23. The van der Waals surface area contributed by atoms with Crippen molar-refractivity contribution in [3.63, 3.8) is 0 Å². The highest BCUT2D eigenvalue weighted by Gasteiger charge is 2.17. The highest BCUT2D eigenvalue weighted by atomic mass is 16.6. The number of amides is 1. The average molecular weight is 235 g/mol. The number of ether oxygens (including phenoxy) is 2. The molecule has 2 rings (SSSR count). The van der Waals surface area contributed by atoms with Crippen LogP contribution in [0.1, 0.15) is 31.9 Å². The van der Waals surface area contributed by atoms with E-state index < -0.39 is 11.7 Å². The van der Waals surface area contributed by atoms with Gasteiger partial charge in [0.2, 0.25) is 0 Å². The van der Waals surface area contributed by atoms with Gasteiger partial charge < -0.3 is 9.47 Å². The molecule has 0 aliphatic carbocycles. The summed E-state index contributed by atoms with van der Waals surface area (Å²) in [4.78, 5) is 11.6. The van der Waals surface area contributed by atoms with E-state index in [0.29, 0.717) is 13.2 Å². The van der Waals surface area contributed by atoms with Crippen LogP contribution in [0.5, 0.6) is 0 Å². The standard InChI is InChI=1S/C13H17NO3/c1-13(2,3)17-12(15)14-11-5-4-9-7-16-8-10(9)6-11/h4-6H,7-8H2,1-3H3,(H,14,15). The number of rotatable bonds is 1. The van der Waals surface area contributed by atoms with Gasteiger partial charge in [0, 0.05) is 5.69 Å². The molecule has 0 unspecified atom stereocenters. The summed E-state index contributed by atoms with van der Waals surface area (Å²) in [5, 5.41) is 2.71. The van der Waals surface area contributed by atoms with Crippen LogP contribution < -0.4 is 5.32 Å². The van der Waals surface area contributed by atoms with Crippen LogP contribution >= 0.6 is 0 Å². The summed E-state index contributed by atoms with van der Waals surface area (Å²) in [5.74, 6) is 0. The number of nitrogens with one attached hydrogen (secondary N) is 1. The predicted octanol–water partition coefficient (Wildman–Crippen LogP) is 3.06. The predicted molar refractivity (Wildman–Crippen MR) is 64.8 cm³/mol. The number of carbonyl (C=O) groups excluding carboxylic acids is 1. The van der Waals surface area contributed by atoms with Gasteiger partial charge in [-0.1, -0.05) is 6.07 Å². The summed E-state index contributed by atoms with van der Waals surface area (Å²) in [6, 6.07) is 5.75. The van der Waals surface area contributed by atoms with E-state index in [1.165, 1.54) is 5.56 Å². The molecule has 1 aliphatic heterocycles. The van der Waals surface area contributed by atoms with Crippen molar-refractivity contribution in [2.24, 2.45) is 0 Å². The van der Waals surface area contributed by atoms with Gasteiger partial charge in [-0.3, -0.25) is 5.32 Å². The van der Waals surface area contributed by atoms with Crippen LogP contribution in [0.4, 0.5) is 10.5 Å². The van der Waals surface area contributed by atoms with E-state index in [2.05, 4.69) is 5.32 Å². The van der Waals surface area contributed by atoms with Gasteiger partial charge in [-0.05, 0) is 44.0 Å². The van der Waals surface area contributed by atoms with E-state index in [4.69, 9.17) is 9.47 Å². The average Bonchev–Trinajstić information content (AvgIpc) is 2.61. The van der Waals surface area contributed by atoms with E-state index in [0.717, 1.165) is 11.3 Å². The van der Waals surface area contributed by atoms with Crippen molar-refractivity contribution in [3.8, 4) is 0 Å². The molecular weight excluding hydrogens is 218 g/mol. The Hall–Kier alpha value is -1.55. The SMILES string of the molecule is CC(C)(C)OC(=O)Nc1ccc2c(c1)COC2. The summed E-state index contributed by atoms with van der Waals surface area (Å²) in [6.45, 7) is 6.77. The maximum Gasteiger partial charge on any atom is 0.412 e. The van der Waals surface area contributed by atoms with Crippen molar-refractivity contribution in [2.75, 3.05) is 5.32 Å². The van der Waals surface area contributed by atoms with Gasteiger partial charge in [0.25, 0.3) is 0 Å². The van der Waals surface area contributed by atoms with E-state index >= 15 is 0 Å². The lowest BCUT2D eigenvalue weighted by Gasteiger charge is -2.19.